The molecule has 0 fully saturated rings. The predicted octanol–water partition coefficient (Wildman–Crippen LogP) is 3.33. The number of hydrogen-bond acceptors (Lipinski definition) is 0. The Bertz CT molecular complexity index is 194. The normalized spacial score (nSPS) is 18.6. The molecule has 0 N–H and O–H groups in total. The molecule has 1 aliphatic carbocycles. The highest BCUT2D eigenvalue weighted by atomic mass is 14.2. The monoisotopic (exact) mass is 148 g/mol. The SMILES string of the molecule is C=CC(C1=CC=CC1)C(C)C. The lowest BCUT2D eigenvalue weighted by Gasteiger charge is -2.17. The van der Waals surface area contributed by atoms with Crippen LogP contribution in [0.2, 0.25) is 0 Å². The molecule has 1 unspecified atom stereocenters. The molecule has 0 spiro atoms. The van der Waals surface area contributed by atoms with Crippen molar-refractivity contribution < 1.29 is 0 Å². The Hall–Kier alpha value is -0.780. The summed E-state index contributed by atoms with van der Waals surface area (Å²) >= 11 is 0. The van der Waals surface area contributed by atoms with Gasteiger partial charge in [-0.1, -0.05) is 43.7 Å². The topological polar surface area (TPSA) is 0 Å². The van der Waals surface area contributed by atoms with Crippen LogP contribution >= 0.6 is 0 Å². The van der Waals surface area contributed by atoms with Crippen LogP contribution in [0.3, 0.4) is 0 Å². The van der Waals surface area contributed by atoms with E-state index in [1.807, 2.05) is 0 Å². The van der Waals surface area contributed by atoms with Crippen LogP contribution in [-0.2, 0) is 0 Å². The van der Waals surface area contributed by atoms with E-state index in [4.69, 9.17) is 0 Å². The van der Waals surface area contributed by atoms with Crippen molar-refractivity contribution in [2.24, 2.45) is 11.8 Å². The molecular weight excluding hydrogens is 132 g/mol. The van der Waals surface area contributed by atoms with Gasteiger partial charge in [-0.3, -0.25) is 0 Å². The van der Waals surface area contributed by atoms with Crippen LogP contribution < -0.4 is 0 Å². The molecule has 0 aromatic carbocycles. The van der Waals surface area contributed by atoms with Crippen molar-refractivity contribution in [1.82, 2.24) is 0 Å². The second kappa shape index (κ2) is 3.56. The third kappa shape index (κ3) is 1.83. The van der Waals surface area contributed by atoms with Crippen molar-refractivity contribution in [3.8, 4) is 0 Å². The molecular formula is C11H16. The third-order valence-electron chi connectivity index (χ3n) is 2.20. The molecule has 1 aliphatic rings. The van der Waals surface area contributed by atoms with E-state index in [1.54, 1.807) is 0 Å². The number of allylic oxidation sites excluding steroid dienone is 5. The van der Waals surface area contributed by atoms with Gasteiger partial charge in [0.05, 0.1) is 0 Å². The fourth-order valence-electron chi connectivity index (χ4n) is 1.56. The van der Waals surface area contributed by atoms with Crippen LogP contribution in [0.25, 0.3) is 0 Å². The van der Waals surface area contributed by atoms with Gasteiger partial charge in [0.1, 0.15) is 0 Å². The van der Waals surface area contributed by atoms with E-state index in [-0.39, 0.29) is 0 Å². The van der Waals surface area contributed by atoms with E-state index in [1.165, 1.54) is 5.57 Å². The molecule has 0 bridgehead atoms. The van der Waals surface area contributed by atoms with E-state index < -0.39 is 0 Å². The lowest BCUT2D eigenvalue weighted by molar-refractivity contribution is 0.522. The minimum atomic E-state index is 0.574. The van der Waals surface area contributed by atoms with Crippen LogP contribution in [0, 0.1) is 11.8 Å². The van der Waals surface area contributed by atoms with Crippen LogP contribution in [0.1, 0.15) is 20.3 Å². The average Bonchev–Trinajstić information content (AvgIpc) is 2.40. The van der Waals surface area contributed by atoms with Gasteiger partial charge in [-0.2, -0.15) is 0 Å². The van der Waals surface area contributed by atoms with E-state index in [0.29, 0.717) is 11.8 Å². The fourth-order valence-corrected chi connectivity index (χ4v) is 1.56. The summed E-state index contributed by atoms with van der Waals surface area (Å²) < 4.78 is 0. The predicted molar refractivity (Wildman–Crippen MR) is 50.4 cm³/mol. The molecule has 1 rings (SSSR count). The van der Waals surface area contributed by atoms with Gasteiger partial charge in [-0.25, -0.2) is 0 Å². The summed E-state index contributed by atoms with van der Waals surface area (Å²) in [7, 11) is 0. The summed E-state index contributed by atoms with van der Waals surface area (Å²) in [6.07, 6.45) is 9.73. The summed E-state index contributed by atoms with van der Waals surface area (Å²) in [4.78, 5) is 0. The molecule has 0 saturated carbocycles. The second-order valence-corrected chi connectivity index (χ2v) is 3.38. The van der Waals surface area contributed by atoms with E-state index in [2.05, 4.69) is 44.7 Å². The molecule has 0 heteroatoms. The highest BCUT2D eigenvalue weighted by Crippen LogP contribution is 2.27. The summed E-state index contributed by atoms with van der Waals surface area (Å²) in [5, 5.41) is 0. The van der Waals surface area contributed by atoms with E-state index in [9.17, 15) is 0 Å². The second-order valence-electron chi connectivity index (χ2n) is 3.38. The summed E-state index contributed by atoms with van der Waals surface area (Å²) in [6, 6.07) is 0. The number of hydrogen-bond donors (Lipinski definition) is 0. The van der Waals surface area contributed by atoms with Crippen molar-refractivity contribution in [3.63, 3.8) is 0 Å². The fraction of sp³-hybridized carbons (Fsp3) is 0.455. The minimum absolute atomic E-state index is 0.574. The molecule has 0 heterocycles. The zero-order valence-electron chi connectivity index (χ0n) is 7.38. The Morgan fingerprint density at radius 3 is 2.64 bits per heavy atom. The molecule has 0 saturated heterocycles. The molecule has 11 heavy (non-hydrogen) atoms. The maximum absolute atomic E-state index is 3.86. The zero-order chi connectivity index (χ0) is 8.27. The van der Waals surface area contributed by atoms with E-state index in [0.717, 1.165) is 6.42 Å². The summed E-state index contributed by atoms with van der Waals surface area (Å²) in [5.41, 5.74) is 1.51. The van der Waals surface area contributed by atoms with E-state index >= 15 is 0 Å². The van der Waals surface area contributed by atoms with Gasteiger partial charge >= 0.3 is 0 Å². The molecule has 0 aromatic rings. The van der Waals surface area contributed by atoms with Gasteiger partial charge in [0.2, 0.25) is 0 Å². The van der Waals surface area contributed by atoms with Gasteiger partial charge in [-0.05, 0) is 12.3 Å². The zero-order valence-corrected chi connectivity index (χ0v) is 7.38. The van der Waals surface area contributed by atoms with Crippen molar-refractivity contribution in [2.75, 3.05) is 0 Å². The van der Waals surface area contributed by atoms with Gasteiger partial charge in [0.15, 0.2) is 0 Å². The lowest BCUT2D eigenvalue weighted by Crippen LogP contribution is -2.07. The van der Waals surface area contributed by atoms with Gasteiger partial charge in [0, 0.05) is 5.92 Å². The first-order valence-electron chi connectivity index (χ1n) is 4.24. The first kappa shape index (κ1) is 8.32. The van der Waals surface area contributed by atoms with Crippen molar-refractivity contribution in [2.45, 2.75) is 20.3 Å². The Morgan fingerprint density at radius 2 is 2.27 bits per heavy atom. The molecule has 0 amide bonds. The Balaban J connectivity index is 2.63. The van der Waals surface area contributed by atoms with Crippen LogP contribution in [-0.4, -0.2) is 0 Å². The lowest BCUT2D eigenvalue weighted by atomic mass is 9.88. The van der Waals surface area contributed by atoms with Crippen LogP contribution in [0.15, 0.2) is 36.5 Å². The molecule has 0 aliphatic heterocycles. The third-order valence-corrected chi connectivity index (χ3v) is 2.20. The minimum Gasteiger partial charge on any atom is -0.102 e. The Kier molecular flexibility index (Phi) is 2.70. The maximum Gasteiger partial charge on any atom is 0.000331 e. The van der Waals surface area contributed by atoms with Crippen LogP contribution in [0.5, 0.6) is 0 Å². The van der Waals surface area contributed by atoms with Gasteiger partial charge in [-0.15, -0.1) is 6.58 Å². The quantitative estimate of drug-likeness (QED) is 0.538. The van der Waals surface area contributed by atoms with Crippen molar-refractivity contribution in [3.05, 3.63) is 36.5 Å². The highest BCUT2D eigenvalue weighted by Gasteiger charge is 2.14. The highest BCUT2D eigenvalue weighted by molar-refractivity contribution is 5.27. The van der Waals surface area contributed by atoms with Crippen molar-refractivity contribution >= 4 is 0 Å². The van der Waals surface area contributed by atoms with Crippen molar-refractivity contribution in [1.29, 1.82) is 0 Å². The maximum atomic E-state index is 3.86. The average molecular weight is 148 g/mol. The Morgan fingerprint density at radius 1 is 1.55 bits per heavy atom. The summed E-state index contributed by atoms with van der Waals surface area (Å²) in [5.74, 6) is 1.25. The smallest absolute Gasteiger partial charge is 0.000331 e. The molecule has 0 radical (unpaired) electrons. The molecule has 60 valence electrons. The molecule has 0 aromatic heterocycles. The van der Waals surface area contributed by atoms with Gasteiger partial charge < -0.3 is 0 Å². The standard InChI is InChI=1S/C11H16/c1-4-11(9(2)3)10-7-5-6-8-10/h4-7,9,11H,1,8H2,2-3H3. The first-order chi connectivity index (χ1) is 5.25. The summed E-state index contributed by atoms with van der Waals surface area (Å²) in [6.45, 7) is 8.34. The Labute approximate surface area is 69.3 Å². The molecule has 0 nitrogen and oxygen atoms in total. The number of rotatable bonds is 3. The van der Waals surface area contributed by atoms with Crippen LogP contribution in [0.4, 0.5) is 0 Å². The molecule has 1 atom stereocenters. The van der Waals surface area contributed by atoms with Gasteiger partial charge in [0.25, 0.3) is 0 Å². The largest absolute Gasteiger partial charge is 0.102 e. The first-order valence-corrected chi connectivity index (χ1v) is 4.24.